The fourth-order valence-corrected chi connectivity index (χ4v) is 1.11. The highest BCUT2D eigenvalue weighted by molar-refractivity contribution is 6.04. The SMILES string of the molecule is CCCNC(=O)NC(=O)C/C(C(=O)O)=C(/C)C(=O)O. The second-order valence-corrected chi connectivity index (χ2v) is 3.69. The molecule has 0 atom stereocenters. The van der Waals surface area contributed by atoms with Gasteiger partial charge in [0.05, 0.1) is 12.0 Å². The summed E-state index contributed by atoms with van der Waals surface area (Å²) in [6, 6.07) is -0.746. The first-order valence-corrected chi connectivity index (χ1v) is 5.53. The average Bonchev–Trinajstić information content (AvgIpc) is 2.32. The molecule has 4 N–H and O–H groups in total. The zero-order chi connectivity index (χ0) is 15.0. The highest BCUT2D eigenvalue weighted by Gasteiger charge is 2.20. The van der Waals surface area contributed by atoms with E-state index in [1.54, 1.807) is 0 Å². The van der Waals surface area contributed by atoms with Crippen LogP contribution in [0.5, 0.6) is 0 Å². The fraction of sp³-hybridized carbons (Fsp3) is 0.455. The van der Waals surface area contributed by atoms with Crippen LogP contribution in [0.3, 0.4) is 0 Å². The van der Waals surface area contributed by atoms with Gasteiger partial charge in [-0.1, -0.05) is 6.92 Å². The molecule has 8 heteroatoms. The van der Waals surface area contributed by atoms with Gasteiger partial charge in [0.15, 0.2) is 0 Å². The Morgan fingerprint density at radius 1 is 1.05 bits per heavy atom. The van der Waals surface area contributed by atoms with Gasteiger partial charge in [0.25, 0.3) is 0 Å². The maximum atomic E-state index is 11.4. The Morgan fingerprint density at radius 2 is 1.63 bits per heavy atom. The van der Waals surface area contributed by atoms with E-state index in [1.807, 2.05) is 12.2 Å². The first-order chi connectivity index (χ1) is 8.79. The highest BCUT2D eigenvalue weighted by atomic mass is 16.4. The van der Waals surface area contributed by atoms with Crippen LogP contribution in [0.1, 0.15) is 26.7 Å². The van der Waals surface area contributed by atoms with E-state index >= 15 is 0 Å². The molecule has 0 aliphatic carbocycles. The smallest absolute Gasteiger partial charge is 0.332 e. The molecular weight excluding hydrogens is 256 g/mol. The van der Waals surface area contributed by atoms with Crippen LogP contribution in [0.2, 0.25) is 0 Å². The molecule has 0 spiro atoms. The lowest BCUT2D eigenvalue weighted by Gasteiger charge is -2.07. The predicted molar refractivity (Wildman–Crippen MR) is 64.4 cm³/mol. The third kappa shape index (κ3) is 6.20. The van der Waals surface area contributed by atoms with E-state index in [9.17, 15) is 19.2 Å². The van der Waals surface area contributed by atoms with Crippen molar-refractivity contribution in [2.45, 2.75) is 26.7 Å². The normalized spacial score (nSPS) is 11.3. The molecule has 0 saturated carbocycles. The van der Waals surface area contributed by atoms with Gasteiger partial charge in [-0.05, 0) is 13.3 Å². The lowest BCUT2D eigenvalue weighted by atomic mass is 10.1. The number of imide groups is 1. The number of hydrogen-bond donors (Lipinski definition) is 4. The van der Waals surface area contributed by atoms with Crippen LogP contribution in [-0.2, 0) is 14.4 Å². The van der Waals surface area contributed by atoms with E-state index in [-0.39, 0.29) is 0 Å². The van der Waals surface area contributed by atoms with Gasteiger partial charge in [0, 0.05) is 12.1 Å². The first-order valence-electron chi connectivity index (χ1n) is 5.53. The number of carbonyl (C=O) groups is 4. The maximum absolute atomic E-state index is 11.4. The summed E-state index contributed by atoms with van der Waals surface area (Å²) in [5, 5.41) is 21.8. The zero-order valence-corrected chi connectivity index (χ0v) is 10.6. The number of aliphatic carboxylic acids is 2. The number of nitrogens with one attached hydrogen (secondary N) is 2. The lowest BCUT2D eigenvalue weighted by molar-refractivity contribution is -0.136. The topological polar surface area (TPSA) is 133 Å². The van der Waals surface area contributed by atoms with Crippen molar-refractivity contribution in [2.24, 2.45) is 0 Å². The van der Waals surface area contributed by atoms with Gasteiger partial charge in [-0.15, -0.1) is 0 Å². The van der Waals surface area contributed by atoms with E-state index in [0.717, 1.165) is 6.92 Å². The molecule has 0 rings (SSSR count). The summed E-state index contributed by atoms with van der Waals surface area (Å²) < 4.78 is 0. The number of amides is 3. The van der Waals surface area contributed by atoms with Gasteiger partial charge in [-0.3, -0.25) is 10.1 Å². The third-order valence-corrected chi connectivity index (χ3v) is 2.16. The molecule has 0 aromatic rings. The number of rotatable bonds is 6. The third-order valence-electron chi connectivity index (χ3n) is 2.16. The molecule has 106 valence electrons. The van der Waals surface area contributed by atoms with Crippen LogP contribution in [0, 0.1) is 0 Å². The summed E-state index contributed by atoms with van der Waals surface area (Å²) >= 11 is 0. The minimum Gasteiger partial charge on any atom is -0.478 e. The predicted octanol–water partition coefficient (Wildman–Crippen LogP) is 0.0980. The summed E-state index contributed by atoms with van der Waals surface area (Å²) in [5.74, 6) is -3.82. The second kappa shape index (κ2) is 7.85. The summed E-state index contributed by atoms with van der Waals surface area (Å²) in [4.78, 5) is 44.0. The minimum atomic E-state index is -1.51. The molecule has 0 unspecified atom stereocenters. The van der Waals surface area contributed by atoms with E-state index in [1.165, 1.54) is 0 Å². The molecule has 8 nitrogen and oxygen atoms in total. The van der Waals surface area contributed by atoms with E-state index in [4.69, 9.17) is 10.2 Å². The van der Waals surface area contributed by atoms with Gasteiger partial charge in [-0.2, -0.15) is 0 Å². The van der Waals surface area contributed by atoms with Crippen LogP contribution in [-0.4, -0.2) is 40.6 Å². The summed E-state index contributed by atoms with van der Waals surface area (Å²) in [5.41, 5.74) is -1.01. The Bertz CT molecular complexity index is 427. The zero-order valence-electron chi connectivity index (χ0n) is 10.6. The van der Waals surface area contributed by atoms with Gasteiger partial charge in [0.1, 0.15) is 0 Å². The van der Waals surface area contributed by atoms with Crippen molar-refractivity contribution in [3.8, 4) is 0 Å². The van der Waals surface area contributed by atoms with Crippen molar-refractivity contribution in [1.29, 1.82) is 0 Å². The molecule has 0 fully saturated rings. The summed E-state index contributed by atoms with van der Waals surface area (Å²) in [6.45, 7) is 3.27. The van der Waals surface area contributed by atoms with Crippen LogP contribution in [0.15, 0.2) is 11.1 Å². The van der Waals surface area contributed by atoms with Crippen molar-refractivity contribution in [3.05, 3.63) is 11.1 Å². The Kier molecular flexibility index (Phi) is 6.87. The number of hydrogen-bond acceptors (Lipinski definition) is 4. The Hall–Kier alpha value is -2.38. The lowest BCUT2D eigenvalue weighted by Crippen LogP contribution is -2.40. The Labute approximate surface area is 109 Å². The van der Waals surface area contributed by atoms with Gasteiger partial charge >= 0.3 is 18.0 Å². The summed E-state index contributed by atoms with van der Waals surface area (Å²) in [7, 11) is 0. The van der Waals surface area contributed by atoms with Gasteiger partial charge in [-0.25, -0.2) is 14.4 Å². The van der Waals surface area contributed by atoms with E-state index in [2.05, 4.69) is 5.32 Å². The van der Waals surface area contributed by atoms with E-state index < -0.39 is 41.4 Å². The quantitative estimate of drug-likeness (QED) is 0.507. The first kappa shape index (κ1) is 16.6. The standard InChI is InChI=1S/C11H16N2O6/c1-3-4-12-11(19)13-8(14)5-7(10(17)18)6(2)9(15)16/h3-5H2,1-2H3,(H,15,16)(H,17,18)(H2,12,13,14,19)/b7-6+. The monoisotopic (exact) mass is 272 g/mol. The molecular formula is C11H16N2O6. The average molecular weight is 272 g/mol. The van der Waals surface area contributed by atoms with Crippen LogP contribution in [0.4, 0.5) is 4.79 Å². The Morgan fingerprint density at radius 3 is 2.05 bits per heavy atom. The molecule has 19 heavy (non-hydrogen) atoms. The molecule has 0 heterocycles. The van der Waals surface area contributed by atoms with Crippen molar-refractivity contribution in [3.63, 3.8) is 0 Å². The molecule has 0 radical (unpaired) electrons. The van der Waals surface area contributed by atoms with Crippen molar-refractivity contribution in [1.82, 2.24) is 10.6 Å². The van der Waals surface area contributed by atoms with E-state index in [0.29, 0.717) is 13.0 Å². The van der Waals surface area contributed by atoms with Crippen molar-refractivity contribution < 1.29 is 29.4 Å². The number of carbonyl (C=O) groups excluding carboxylic acids is 2. The molecule has 3 amide bonds. The maximum Gasteiger partial charge on any atom is 0.332 e. The van der Waals surface area contributed by atoms with Crippen molar-refractivity contribution in [2.75, 3.05) is 6.54 Å². The van der Waals surface area contributed by atoms with Gasteiger partial charge in [0.2, 0.25) is 5.91 Å². The number of carboxylic acids is 2. The number of carboxylic acid groups (broad SMARTS) is 2. The molecule has 0 saturated heterocycles. The minimum absolute atomic E-state index is 0.370. The fourth-order valence-electron chi connectivity index (χ4n) is 1.11. The Balaban J connectivity index is 4.68. The molecule has 0 aromatic carbocycles. The molecule has 0 aliphatic heterocycles. The summed E-state index contributed by atoms with van der Waals surface area (Å²) in [6.07, 6.45) is -0.00692. The van der Waals surface area contributed by atoms with Gasteiger partial charge < -0.3 is 15.5 Å². The van der Waals surface area contributed by atoms with Crippen molar-refractivity contribution >= 4 is 23.9 Å². The highest BCUT2D eigenvalue weighted by Crippen LogP contribution is 2.09. The molecule has 0 bridgehead atoms. The van der Waals surface area contributed by atoms with Crippen LogP contribution < -0.4 is 10.6 Å². The largest absolute Gasteiger partial charge is 0.478 e. The number of urea groups is 1. The van der Waals surface area contributed by atoms with Crippen LogP contribution >= 0.6 is 0 Å². The molecule has 0 aromatic heterocycles. The van der Waals surface area contributed by atoms with Crippen LogP contribution in [0.25, 0.3) is 0 Å². The molecule has 0 aliphatic rings. The second-order valence-electron chi connectivity index (χ2n) is 3.69.